The molecule has 0 saturated carbocycles. The molecule has 0 aromatic rings. The van der Waals surface area contributed by atoms with Crippen LogP contribution in [0.2, 0.25) is 0 Å². The van der Waals surface area contributed by atoms with Crippen molar-refractivity contribution in [3.63, 3.8) is 0 Å². The first kappa shape index (κ1) is 14.0. The van der Waals surface area contributed by atoms with Crippen LogP contribution in [0.5, 0.6) is 0 Å². The van der Waals surface area contributed by atoms with Crippen molar-refractivity contribution in [3.8, 4) is 0 Å². The van der Waals surface area contributed by atoms with E-state index in [2.05, 4.69) is 28.6 Å². The van der Waals surface area contributed by atoms with Gasteiger partial charge >= 0.3 is 0 Å². The SMILES string of the molecule is BC1CC(OC(C)(C)C)C(COC(C)C)O1. The summed E-state index contributed by atoms with van der Waals surface area (Å²) in [6.07, 6.45) is 1.45. The van der Waals surface area contributed by atoms with Crippen LogP contribution in [-0.4, -0.2) is 44.4 Å². The standard InChI is InChI=1S/C12H25BO3/c1-8(2)14-7-10-9(6-11(13)15-10)16-12(3,4)5/h8-11H,6-7,13H2,1-5H3. The minimum Gasteiger partial charge on any atom is -0.379 e. The molecular weight excluding hydrogens is 203 g/mol. The van der Waals surface area contributed by atoms with E-state index < -0.39 is 0 Å². The zero-order valence-corrected chi connectivity index (χ0v) is 11.4. The van der Waals surface area contributed by atoms with Crippen molar-refractivity contribution in [2.75, 3.05) is 6.61 Å². The third-order valence-corrected chi connectivity index (χ3v) is 2.48. The quantitative estimate of drug-likeness (QED) is 0.679. The van der Waals surface area contributed by atoms with E-state index in [1.165, 1.54) is 0 Å². The van der Waals surface area contributed by atoms with Crippen LogP contribution in [0, 0.1) is 0 Å². The molecule has 0 aliphatic carbocycles. The molecular formula is C12H25BO3. The zero-order chi connectivity index (χ0) is 12.3. The molecule has 16 heavy (non-hydrogen) atoms. The van der Waals surface area contributed by atoms with Gasteiger partial charge in [0, 0.05) is 6.00 Å². The Bertz CT molecular complexity index is 213. The monoisotopic (exact) mass is 228 g/mol. The van der Waals surface area contributed by atoms with Crippen molar-refractivity contribution < 1.29 is 14.2 Å². The fourth-order valence-electron chi connectivity index (χ4n) is 1.93. The van der Waals surface area contributed by atoms with Gasteiger partial charge in [0.15, 0.2) is 0 Å². The largest absolute Gasteiger partial charge is 0.379 e. The van der Waals surface area contributed by atoms with E-state index in [1.807, 2.05) is 13.8 Å². The molecule has 1 heterocycles. The Morgan fingerprint density at radius 2 is 2.00 bits per heavy atom. The molecule has 1 saturated heterocycles. The van der Waals surface area contributed by atoms with E-state index in [4.69, 9.17) is 14.2 Å². The Labute approximate surface area is 100 Å². The molecule has 1 rings (SSSR count). The van der Waals surface area contributed by atoms with Crippen LogP contribution in [0.25, 0.3) is 0 Å². The highest BCUT2D eigenvalue weighted by Crippen LogP contribution is 2.26. The summed E-state index contributed by atoms with van der Waals surface area (Å²) in [5.41, 5.74) is -0.117. The van der Waals surface area contributed by atoms with E-state index in [9.17, 15) is 0 Å². The molecule has 94 valence electrons. The number of rotatable bonds is 4. The lowest BCUT2D eigenvalue weighted by Gasteiger charge is -2.28. The van der Waals surface area contributed by atoms with Gasteiger partial charge in [0.2, 0.25) is 0 Å². The van der Waals surface area contributed by atoms with Gasteiger partial charge in [0.1, 0.15) is 14.0 Å². The first-order valence-electron chi connectivity index (χ1n) is 6.23. The van der Waals surface area contributed by atoms with E-state index in [1.54, 1.807) is 0 Å². The van der Waals surface area contributed by atoms with Crippen molar-refractivity contribution in [3.05, 3.63) is 0 Å². The fraction of sp³-hybridized carbons (Fsp3) is 1.00. The lowest BCUT2D eigenvalue weighted by atomic mass is 9.95. The molecule has 0 N–H and O–H groups in total. The number of hydrogen-bond acceptors (Lipinski definition) is 3. The maximum absolute atomic E-state index is 6.01. The molecule has 0 amide bonds. The first-order chi connectivity index (χ1) is 7.28. The van der Waals surface area contributed by atoms with Gasteiger partial charge in [-0.05, 0) is 41.0 Å². The second-order valence-corrected chi connectivity index (χ2v) is 5.87. The molecule has 0 bridgehead atoms. The average molecular weight is 228 g/mol. The Morgan fingerprint density at radius 3 is 2.50 bits per heavy atom. The summed E-state index contributed by atoms with van der Waals surface area (Å²) in [7, 11) is 2.09. The van der Waals surface area contributed by atoms with Crippen molar-refractivity contribution in [1.82, 2.24) is 0 Å². The highest BCUT2D eigenvalue weighted by atomic mass is 16.6. The van der Waals surface area contributed by atoms with Crippen LogP contribution in [0.15, 0.2) is 0 Å². The van der Waals surface area contributed by atoms with Crippen LogP contribution in [0.3, 0.4) is 0 Å². The van der Waals surface area contributed by atoms with Gasteiger partial charge in [-0.15, -0.1) is 0 Å². The van der Waals surface area contributed by atoms with Gasteiger partial charge in [-0.25, -0.2) is 0 Å². The van der Waals surface area contributed by atoms with Crippen LogP contribution < -0.4 is 0 Å². The van der Waals surface area contributed by atoms with Gasteiger partial charge in [-0.2, -0.15) is 0 Å². The second-order valence-electron chi connectivity index (χ2n) is 5.87. The van der Waals surface area contributed by atoms with Gasteiger partial charge in [0.05, 0.1) is 24.4 Å². The van der Waals surface area contributed by atoms with E-state index in [-0.39, 0.29) is 29.9 Å². The van der Waals surface area contributed by atoms with Crippen molar-refractivity contribution in [2.24, 2.45) is 0 Å². The van der Waals surface area contributed by atoms with Crippen LogP contribution in [0.1, 0.15) is 41.0 Å². The highest BCUT2D eigenvalue weighted by molar-refractivity contribution is 6.11. The number of ether oxygens (including phenoxy) is 3. The highest BCUT2D eigenvalue weighted by Gasteiger charge is 2.36. The second kappa shape index (κ2) is 5.52. The molecule has 0 aromatic carbocycles. The van der Waals surface area contributed by atoms with Crippen LogP contribution >= 0.6 is 0 Å². The van der Waals surface area contributed by atoms with E-state index in [0.717, 1.165) is 6.42 Å². The predicted octanol–water partition coefficient (Wildman–Crippen LogP) is 1.34. The summed E-state index contributed by atoms with van der Waals surface area (Å²) in [5.74, 6) is 0. The fourth-order valence-corrected chi connectivity index (χ4v) is 1.93. The summed E-state index contributed by atoms with van der Waals surface area (Å²) in [4.78, 5) is 0. The molecule has 0 aromatic heterocycles. The Balaban J connectivity index is 2.46. The summed E-state index contributed by atoms with van der Waals surface area (Å²) in [6, 6.07) is 0.271. The van der Waals surface area contributed by atoms with Crippen molar-refractivity contribution >= 4 is 7.85 Å². The normalized spacial score (nSPS) is 31.2. The summed E-state index contributed by atoms with van der Waals surface area (Å²) in [6.45, 7) is 10.9. The Hall–Kier alpha value is -0.0551. The maximum Gasteiger partial charge on any atom is 0.139 e. The first-order valence-corrected chi connectivity index (χ1v) is 6.23. The minimum atomic E-state index is -0.117. The van der Waals surface area contributed by atoms with Gasteiger partial charge in [0.25, 0.3) is 0 Å². The predicted molar refractivity (Wildman–Crippen MR) is 67.5 cm³/mol. The topological polar surface area (TPSA) is 27.7 Å². The summed E-state index contributed by atoms with van der Waals surface area (Å²) >= 11 is 0. The third kappa shape index (κ3) is 4.85. The van der Waals surface area contributed by atoms with E-state index >= 15 is 0 Å². The molecule has 0 radical (unpaired) electrons. The Kier molecular flexibility index (Phi) is 4.83. The smallest absolute Gasteiger partial charge is 0.139 e. The molecule has 1 aliphatic rings. The van der Waals surface area contributed by atoms with Crippen LogP contribution in [0.4, 0.5) is 0 Å². The average Bonchev–Trinajstić information content (AvgIpc) is 2.39. The molecule has 0 spiro atoms. The Morgan fingerprint density at radius 1 is 1.38 bits per heavy atom. The van der Waals surface area contributed by atoms with Gasteiger partial charge in [-0.3, -0.25) is 0 Å². The van der Waals surface area contributed by atoms with Crippen LogP contribution in [-0.2, 0) is 14.2 Å². The summed E-state index contributed by atoms with van der Waals surface area (Å²) in [5, 5.41) is 0. The summed E-state index contributed by atoms with van der Waals surface area (Å²) < 4.78 is 17.4. The van der Waals surface area contributed by atoms with Crippen molar-refractivity contribution in [2.45, 2.75) is 71.0 Å². The number of hydrogen-bond donors (Lipinski definition) is 0. The van der Waals surface area contributed by atoms with Gasteiger partial charge in [-0.1, -0.05) is 0 Å². The minimum absolute atomic E-state index is 0.0802. The van der Waals surface area contributed by atoms with E-state index in [0.29, 0.717) is 6.61 Å². The molecule has 3 atom stereocenters. The lowest BCUT2D eigenvalue weighted by Crippen LogP contribution is -2.36. The molecule has 3 unspecified atom stereocenters. The molecule has 1 fully saturated rings. The molecule has 3 nitrogen and oxygen atoms in total. The van der Waals surface area contributed by atoms with Gasteiger partial charge < -0.3 is 14.2 Å². The zero-order valence-electron chi connectivity index (χ0n) is 11.4. The third-order valence-electron chi connectivity index (χ3n) is 2.48. The van der Waals surface area contributed by atoms with Crippen molar-refractivity contribution in [1.29, 1.82) is 0 Å². The molecule has 1 aliphatic heterocycles. The molecule has 4 heteroatoms. The lowest BCUT2D eigenvalue weighted by molar-refractivity contribution is -0.112. The maximum atomic E-state index is 6.01.